The minimum Gasteiger partial charge on any atom is -0.497 e. The summed E-state index contributed by atoms with van der Waals surface area (Å²) < 4.78 is 16.0. The van der Waals surface area contributed by atoms with Gasteiger partial charge in [0.05, 0.1) is 26.1 Å². The summed E-state index contributed by atoms with van der Waals surface area (Å²) in [6.45, 7) is -0.253. The van der Waals surface area contributed by atoms with Gasteiger partial charge in [-0.2, -0.15) is 5.10 Å². The van der Waals surface area contributed by atoms with Crippen molar-refractivity contribution in [2.75, 3.05) is 26.1 Å². The second-order valence-corrected chi connectivity index (χ2v) is 7.09. The van der Waals surface area contributed by atoms with Crippen LogP contribution in [0.25, 0.3) is 0 Å². The number of carbonyl (C=O) groups is 2. The van der Waals surface area contributed by atoms with Crippen LogP contribution in [0.2, 0.25) is 5.02 Å². The number of amides is 2. The van der Waals surface area contributed by atoms with Crippen molar-refractivity contribution in [2.45, 2.75) is 0 Å². The summed E-state index contributed by atoms with van der Waals surface area (Å²) in [4.78, 5) is 24.6. The van der Waals surface area contributed by atoms with Crippen LogP contribution in [-0.2, 0) is 4.79 Å². The lowest BCUT2D eigenvalue weighted by Gasteiger charge is -2.12. The molecule has 0 aromatic heterocycles. The first-order valence-corrected chi connectivity index (χ1v) is 10.2. The van der Waals surface area contributed by atoms with Gasteiger partial charge >= 0.3 is 0 Å². The standard InChI is InChI=1S/C24H22ClN3O5/c1-31-19-7-5-6-16(13-19)24(30)28-26-14-17-12-18(25)10-11-21(17)33-15-23(29)27-20-8-3-4-9-22(20)32-2/h3-14H,15H2,1-2H3,(H,27,29)(H,28,30). The first-order valence-electron chi connectivity index (χ1n) is 9.83. The third kappa shape index (κ3) is 6.72. The van der Waals surface area contributed by atoms with Crippen molar-refractivity contribution in [3.05, 3.63) is 82.9 Å². The van der Waals surface area contributed by atoms with Crippen LogP contribution in [-0.4, -0.2) is 38.9 Å². The minimum atomic E-state index is -0.411. The van der Waals surface area contributed by atoms with E-state index in [0.717, 1.165) is 0 Å². The number of hydrogen-bond acceptors (Lipinski definition) is 6. The Morgan fingerprint density at radius 3 is 2.58 bits per heavy atom. The monoisotopic (exact) mass is 467 g/mol. The maximum atomic E-state index is 12.3. The van der Waals surface area contributed by atoms with E-state index < -0.39 is 5.91 Å². The number of ether oxygens (including phenoxy) is 3. The van der Waals surface area contributed by atoms with Gasteiger partial charge in [-0.3, -0.25) is 9.59 Å². The lowest BCUT2D eigenvalue weighted by molar-refractivity contribution is -0.118. The van der Waals surface area contributed by atoms with Crippen molar-refractivity contribution in [1.82, 2.24) is 5.43 Å². The first kappa shape index (κ1) is 23.6. The fourth-order valence-corrected chi connectivity index (χ4v) is 3.00. The second-order valence-electron chi connectivity index (χ2n) is 6.65. The van der Waals surface area contributed by atoms with E-state index in [0.29, 0.717) is 39.1 Å². The highest BCUT2D eigenvalue weighted by Crippen LogP contribution is 2.24. The first-order chi connectivity index (χ1) is 16.0. The predicted octanol–water partition coefficient (Wildman–Crippen LogP) is 4.14. The summed E-state index contributed by atoms with van der Waals surface area (Å²) in [5, 5.41) is 7.15. The topological polar surface area (TPSA) is 98.3 Å². The Morgan fingerprint density at radius 2 is 1.79 bits per heavy atom. The van der Waals surface area contributed by atoms with Gasteiger partial charge in [0.2, 0.25) is 0 Å². The van der Waals surface area contributed by atoms with E-state index in [-0.39, 0.29) is 12.5 Å². The average Bonchev–Trinajstić information content (AvgIpc) is 2.83. The zero-order valence-corrected chi connectivity index (χ0v) is 18.8. The third-order valence-corrected chi connectivity index (χ3v) is 4.65. The van der Waals surface area contributed by atoms with E-state index in [2.05, 4.69) is 15.8 Å². The number of methoxy groups -OCH3 is 2. The van der Waals surface area contributed by atoms with Gasteiger partial charge in [0, 0.05) is 16.1 Å². The van der Waals surface area contributed by atoms with Gasteiger partial charge in [0.15, 0.2) is 6.61 Å². The highest BCUT2D eigenvalue weighted by Gasteiger charge is 2.10. The Hall–Kier alpha value is -4.04. The number of rotatable bonds is 9. The van der Waals surface area contributed by atoms with Gasteiger partial charge in [-0.15, -0.1) is 0 Å². The second kappa shape index (κ2) is 11.5. The van der Waals surface area contributed by atoms with Crippen LogP contribution in [0.15, 0.2) is 71.8 Å². The van der Waals surface area contributed by atoms with Crippen LogP contribution < -0.4 is 25.0 Å². The molecule has 9 heteroatoms. The molecule has 3 rings (SSSR count). The molecule has 0 saturated heterocycles. The molecule has 0 aliphatic heterocycles. The molecule has 3 aromatic carbocycles. The van der Waals surface area contributed by atoms with Crippen LogP contribution in [0.1, 0.15) is 15.9 Å². The van der Waals surface area contributed by atoms with E-state index in [9.17, 15) is 9.59 Å². The van der Waals surface area contributed by atoms with Gasteiger partial charge in [-0.1, -0.05) is 29.8 Å². The molecular weight excluding hydrogens is 446 g/mol. The largest absolute Gasteiger partial charge is 0.497 e. The Balaban J connectivity index is 1.63. The Bertz CT molecular complexity index is 1170. The zero-order chi connectivity index (χ0) is 23.6. The Kier molecular flexibility index (Phi) is 8.26. The summed E-state index contributed by atoms with van der Waals surface area (Å²) in [7, 11) is 3.04. The minimum absolute atomic E-state index is 0.253. The van der Waals surface area contributed by atoms with E-state index in [1.807, 2.05) is 0 Å². The normalized spacial score (nSPS) is 10.5. The molecule has 0 aliphatic carbocycles. The molecule has 0 fully saturated rings. The zero-order valence-electron chi connectivity index (χ0n) is 18.0. The number of anilines is 1. The number of hydrazone groups is 1. The fraction of sp³-hybridized carbons (Fsp3) is 0.125. The van der Waals surface area contributed by atoms with Gasteiger partial charge in [-0.25, -0.2) is 5.43 Å². The Morgan fingerprint density at radius 1 is 0.970 bits per heavy atom. The molecule has 33 heavy (non-hydrogen) atoms. The van der Waals surface area contributed by atoms with Crippen molar-refractivity contribution in [1.29, 1.82) is 0 Å². The van der Waals surface area contributed by atoms with E-state index in [1.165, 1.54) is 20.4 Å². The number of benzene rings is 3. The van der Waals surface area contributed by atoms with Crippen molar-refractivity contribution >= 4 is 35.3 Å². The van der Waals surface area contributed by atoms with Gasteiger partial charge in [-0.05, 0) is 48.5 Å². The molecular formula is C24H22ClN3O5. The number of para-hydroxylation sites is 2. The SMILES string of the molecule is COc1cccc(C(=O)NN=Cc2cc(Cl)ccc2OCC(=O)Nc2ccccc2OC)c1. The van der Waals surface area contributed by atoms with E-state index in [4.69, 9.17) is 25.8 Å². The van der Waals surface area contributed by atoms with Crippen molar-refractivity contribution < 1.29 is 23.8 Å². The van der Waals surface area contributed by atoms with Crippen LogP contribution in [0.3, 0.4) is 0 Å². The summed E-state index contributed by atoms with van der Waals surface area (Å²) in [5.41, 5.74) is 3.85. The Labute approximate surface area is 196 Å². The molecule has 0 atom stereocenters. The number of carbonyl (C=O) groups excluding carboxylic acids is 2. The molecule has 0 radical (unpaired) electrons. The summed E-state index contributed by atoms with van der Waals surface area (Å²) >= 11 is 6.08. The van der Waals surface area contributed by atoms with Crippen molar-refractivity contribution in [2.24, 2.45) is 5.10 Å². The van der Waals surface area contributed by atoms with Gasteiger partial charge in [0.25, 0.3) is 11.8 Å². The molecule has 170 valence electrons. The molecule has 0 aliphatic rings. The molecule has 0 heterocycles. The predicted molar refractivity (Wildman–Crippen MR) is 127 cm³/mol. The number of nitrogens with one attached hydrogen (secondary N) is 2. The highest BCUT2D eigenvalue weighted by atomic mass is 35.5. The van der Waals surface area contributed by atoms with Gasteiger partial charge in [0.1, 0.15) is 17.2 Å². The number of halogens is 1. The van der Waals surface area contributed by atoms with Crippen LogP contribution in [0.5, 0.6) is 17.2 Å². The van der Waals surface area contributed by atoms with Gasteiger partial charge < -0.3 is 19.5 Å². The molecule has 0 saturated carbocycles. The molecule has 2 N–H and O–H groups in total. The molecule has 0 unspecified atom stereocenters. The summed E-state index contributed by atoms with van der Waals surface area (Å²) in [6, 6.07) is 18.6. The lowest BCUT2D eigenvalue weighted by atomic mass is 10.2. The van der Waals surface area contributed by atoms with Crippen molar-refractivity contribution in [3.63, 3.8) is 0 Å². The smallest absolute Gasteiger partial charge is 0.271 e. The molecule has 0 bridgehead atoms. The average molecular weight is 468 g/mol. The third-order valence-electron chi connectivity index (χ3n) is 4.41. The van der Waals surface area contributed by atoms with E-state index >= 15 is 0 Å². The number of nitrogens with zero attached hydrogens (tertiary/aromatic N) is 1. The molecule has 8 nitrogen and oxygen atoms in total. The van der Waals surface area contributed by atoms with Crippen molar-refractivity contribution in [3.8, 4) is 17.2 Å². The molecule has 3 aromatic rings. The fourth-order valence-electron chi connectivity index (χ4n) is 2.82. The van der Waals surface area contributed by atoms with Crippen LogP contribution in [0.4, 0.5) is 5.69 Å². The molecule has 0 spiro atoms. The quantitative estimate of drug-likeness (QED) is 0.364. The van der Waals surface area contributed by atoms with E-state index in [1.54, 1.807) is 66.7 Å². The summed E-state index contributed by atoms with van der Waals surface area (Å²) in [5.74, 6) is 0.684. The highest BCUT2D eigenvalue weighted by molar-refractivity contribution is 6.30. The molecule has 2 amide bonds. The van der Waals surface area contributed by atoms with Crippen LogP contribution >= 0.6 is 11.6 Å². The van der Waals surface area contributed by atoms with Crippen LogP contribution in [0, 0.1) is 0 Å². The maximum absolute atomic E-state index is 12.3. The lowest BCUT2D eigenvalue weighted by Crippen LogP contribution is -2.21. The summed E-state index contributed by atoms with van der Waals surface area (Å²) in [6.07, 6.45) is 1.39. The maximum Gasteiger partial charge on any atom is 0.271 e. The number of hydrogen-bond donors (Lipinski definition) is 2.